The van der Waals surface area contributed by atoms with Crippen LogP contribution in [0.25, 0.3) is 0 Å². The van der Waals surface area contributed by atoms with Crippen LogP contribution in [0.4, 0.5) is 57.5 Å². The van der Waals surface area contributed by atoms with E-state index in [1.807, 2.05) is 0 Å². The SMILES string of the molecule is CCCCCCCCCCCCCCCCCC[NH3+].CCF.FCF.FCF.FCF.FCF.FCF.O=C([O-])F. The van der Waals surface area contributed by atoms with Crippen molar-refractivity contribution in [2.24, 2.45) is 0 Å². The van der Waals surface area contributed by atoms with Crippen LogP contribution < -0.4 is 10.8 Å². The smallest absolute Gasteiger partial charge is 0.229 e. The quantitative estimate of drug-likeness (QED) is 0.104. The van der Waals surface area contributed by atoms with Crippen LogP contribution in [0.2, 0.25) is 0 Å². The van der Waals surface area contributed by atoms with Crippen LogP contribution in [0.3, 0.4) is 0 Å². The molecule has 0 saturated heterocycles. The van der Waals surface area contributed by atoms with E-state index in [9.17, 15) is 52.7 Å². The molecule has 260 valence electrons. The molecule has 3 N–H and O–H groups in total. The van der Waals surface area contributed by atoms with Crippen LogP contribution in [0.15, 0.2) is 0 Å². The Labute approximate surface area is 239 Å². The Kier molecular flexibility index (Phi) is 130. The zero-order valence-corrected chi connectivity index (χ0v) is 24.8. The summed E-state index contributed by atoms with van der Waals surface area (Å²) in [6.07, 6.45) is 20.6. The lowest BCUT2D eigenvalue weighted by Gasteiger charge is -2.03. The van der Waals surface area contributed by atoms with Gasteiger partial charge < -0.3 is 15.6 Å². The fraction of sp³-hybridized carbons (Fsp3) is 0.962. The Bertz CT molecular complexity index is 295. The van der Waals surface area contributed by atoms with Gasteiger partial charge in [0.15, 0.2) is 0 Å². The summed E-state index contributed by atoms with van der Waals surface area (Å²) in [6, 6.07) is 0. The number of rotatable bonds is 16. The number of hydrogen-bond donors (Lipinski definition) is 1. The molecule has 0 amide bonds. The Morgan fingerprint density at radius 2 is 0.585 bits per heavy atom. The summed E-state index contributed by atoms with van der Waals surface area (Å²) in [6.45, 7) is -4.13. The van der Waals surface area contributed by atoms with E-state index >= 15 is 0 Å². The third-order valence-corrected chi connectivity index (χ3v) is 4.10. The van der Waals surface area contributed by atoms with Crippen molar-refractivity contribution in [1.82, 2.24) is 0 Å². The summed E-state index contributed by atoms with van der Waals surface area (Å²) in [5.74, 6) is 0. The fourth-order valence-electron chi connectivity index (χ4n) is 2.72. The predicted octanol–water partition coefficient (Wildman–Crippen LogP) is 10.2. The van der Waals surface area contributed by atoms with Crippen molar-refractivity contribution in [3.63, 3.8) is 0 Å². The first-order valence-corrected chi connectivity index (χ1v) is 13.5. The predicted molar refractivity (Wildman–Crippen MR) is 141 cm³/mol. The Morgan fingerprint density at radius 3 is 0.707 bits per heavy atom. The number of carbonyl (C=O) groups excluding carboxylic acids is 1. The summed E-state index contributed by atoms with van der Waals surface area (Å²) in [7, 11) is 0. The van der Waals surface area contributed by atoms with Gasteiger partial charge in [0.2, 0.25) is 40.9 Å². The lowest BCUT2D eigenvalue weighted by atomic mass is 10.0. The van der Waals surface area contributed by atoms with Crippen molar-refractivity contribution in [2.75, 3.05) is 47.9 Å². The average Bonchev–Trinajstić information content (AvgIpc) is 2.89. The van der Waals surface area contributed by atoms with Gasteiger partial charge in [0.05, 0.1) is 13.2 Å². The van der Waals surface area contributed by atoms with Crippen molar-refractivity contribution >= 4 is 6.22 Å². The summed E-state index contributed by atoms with van der Waals surface area (Å²) < 4.78 is 116. The standard InChI is InChI=1S/C18H39N.C2H5F.5CH2F2.CHFO2/c1-2-3-4-5-6-7-8-9-10-11-12-13-14-15-16-17-18-19;1-2-3;5*2-1-3;2-1(3)4/h2-19H2,1H3;2H2,1H3;5*1H2;(H,3,4). The number of alkyl halides is 11. The number of halogens is 12. The highest BCUT2D eigenvalue weighted by atomic mass is 19.3. The van der Waals surface area contributed by atoms with Crippen LogP contribution in [-0.4, -0.2) is 54.1 Å². The first kappa shape index (κ1) is 59.1. The maximum Gasteiger partial charge on any atom is 0.229 e. The second-order valence-electron chi connectivity index (χ2n) is 7.17. The van der Waals surface area contributed by atoms with Gasteiger partial charge in [0.1, 0.15) is 0 Å². The molecule has 41 heavy (non-hydrogen) atoms. The lowest BCUT2D eigenvalue weighted by Crippen LogP contribution is -2.50. The number of hydrogen-bond acceptors (Lipinski definition) is 2. The first-order chi connectivity index (χ1) is 19.6. The monoisotopic (exact) mass is 641 g/mol. The van der Waals surface area contributed by atoms with Crippen LogP contribution in [-0.2, 0) is 0 Å². The molecule has 0 saturated carbocycles. The summed E-state index contributed by atoms with van der Waals surface area (Å²) >= 11 is 0. The van der Waals surface area contributed by atoms with E-state index in [0.29, 0.717) is 0 Å². The third kappa shape index (κ3) is 243. The van der Waals surface area contributed by atoms with Gasteiger partial charge in [-0.3, -0.25) is 4.39 Å². The molecule has 0 aromatic carbocycles. The Morgan fingerprint density at radius 1 is 0.463 bits per heavy atom. The topological polar surface area (TPSA) is 67.8 Å². The minimum absolute atomic E-state index is 0.250. The van der Waals surface area contributed by atoms with Gasteiger partial charge in [-0.15, -0.1) is 0 Å². The molecule has 0 aliphatic rings. The third-order valence-electron chi connectivity index (χ3n) is 4.10. The van der Waals surface area contributed by atoms with Crippen LogP contribution in [0, 0.1) is 0 Å². The van der Waals surface area contributed by atoms with E-state index in [2.05, 4.69) is 12.7 Å². The molecule has 0 fully saturated rings. The van der Waals surface area contributed by atoms with Gasteiger partial charge in [0, 0.05) is 0 Å². The minimum Gasteiger partial charge on any atom is -0.520 e. The van der Waals surface area contributed by atoms with Gasteiger partial charge in [-0.25, -0.2) is 43.9 Å². The second-order valence-corrected chi connectivity index (χ2v) is 7.17. The molecule has 0 aliphatic carbocycles. The Hall–Kier alpha value is -1.41. The molecule has 0 bridgehead atoms. The molecule has 0 aromatic heterocycles. The van der Waals surface area contributed by atoms with Gasteiger partial charge in [0.25, 0.3) is 0 Å². The van der Waals surface area contributed by atoms with E-state index in [1.165, 1.54) is 110 Å². The lowest BCUT2D eigenvalue weighted by molar-refractivity contribution is -0.368. The number of carbonyl (C=O) groups is 1. The van der Waals surface area contributed by atoms with E-state index in [0.717, 1.165) is 6.54 Å². The summed E-state index contributed by atoms with van der Waals surface area (Å²) in [5, 5.41) is 8.22. The van der Waals surface area contributed by atoms with Crippen LogP contribution in [0.5, 0.6) is 0 Å². The molecule has 0 heterocycles. The van der Waals surface area contributed by atoms with E-state index in [-0.39, 0.29) is 6.67 Å². The minimum atomic E-state index is -2.58. The highest BCUT2D eigenvalue weighted by Crippen LogP contribution is 2.13. The summed E-state index contributed by atoms with van der Waals surface area (Å²) in [5.41, 5.74) is 3.89. The number of quaternary nitrogens is 1. The second kappa shape index (κ2) is 90.2. The largest absolute Gasteiger partial charge is 0.520 e. The molecule has 0 aliphatic heterocycles. The van der Waals surface area contributed by atoms with E-state index < -0.39 is 40.9 Å². The molecule has 0 atom stereocenters. The molecule has 0 spiro atoms. The molecular formula is C26H55F12NO2. The highest BCUT2D eigenvalue weighted by Gasteiger charge is 1.94. The maximum absolute atomic E-state index is 10.3. The Balaban J connectivity index is -0.0000000668. The van der Waals surface area contributed by atoms with Crippen molar-refractivity contribution < 1.29 is 68.3 Å². The molecular weight excluding hydrogens is 586 g/mol. The highest BCUT2D eigenvalue weighted by molar-refractivity contribution is 5.51. The van der Waals surface area contributed by atoms with Crippen molar-refractivity contribution in [2.45, 2.75) is 117 Å². The number of carboxylic acid groups (broad SMARTS) is 1. The zero-order valence-electron chi connectivity index (χ0n) is 24.8. The van der Waals surface area contributed by atoms with Crippen molar-refractivity contribution in [3.05, 3.63) is 0 Å². The first-order valence-electron chi connectivity index (χ1n) is 13.5. The molecule has 3 nitrogen and oxygen atoms in total. The summed E-state index contributed by atoms with van der Waals surface area (Å²) in [4.78, 5) is 8.22. The maximum atomic E-state index is 10.3. The van der Waals surface area contributed by atoms with Crippen LogP contribution in [0.1, 0.15) is 117 Å². The van der Waals surface area contributed by atoms with Gasteiger partial charge in [-0.1, -0.05) is 96.8 Å². The molecule has 0 rings (SSSR count). The molecule has 0 radical (unpaired) electrons. The van der Waals surface area contributed by atoms with Gasteiger partial charge >= 0.3 is 0 Å². The normalized spacial score (nSPS) is 8.37. The van der Waals surface area contributed by atoms with Gasteiger partial charge in [-0.05, 0) is 19.8 Å². The molecule has 0 unspecified atom stereocenters. The molecule has 15 heteroatoms. The van der Waals surface area contributed by atoms with Gasteiger partial charge in [-0.2, -0.15) is 4.39 Å². The van der Waals surface area contributed by atoms with E-state index in [1.54, 1.807) is 0 Å². The van der Waals surface area contributed by atoms with Crippen molar-refractivity contribution in [1.29, 1.82) is 0 Å². The molecule has 0 aromatic rings. The van der Waals surface area contributed by atoms with E-state index in [4.69, 9.17) is 9.90 Å². The van der Waals surface area contributed by atoms with Crippen molar-refractivity contribution in [3.8, 4) is 0 Å². The fourth-order valence-corrected chi connectivity index (χ4v) is 2.72. The average molecular weight is 642 g/mol. The number of unbranched alkanes of at least 4 members (excludes halogenated alkanes) is 15. The van der Waals surface area contributed by atoms with Crippen LogP contribution >= 0.6 is 0 Å². The zero-order chi connectivity index (χ0) is 33.8.